The Hall–Kier alpha value is -2.53. The first-order valence-electron chi connectivity index (χ1n) is 9.09. The molecule has 1 amide bonds. The van der Waals surface area contributed by atoms with Gasteiger partial charge in [0.25, 0.3) is 0 Å². The largest absolute Gasteiger partial charge is 0.495 e. The number of benzene rings is 2. The van der Waals surface area contributed by atoms with Crippen molar-refractivity contribution in [3.63, 3.8) is 0 Å². The third kappa shape index (κ3) is 4.55. The first kappa shape index (κ1) is 18.3. The van der Waals surface area contributed by atoms with Gasteiger partial charge in [0, 0.05) is 32.7 Å². The number of nitrogens with one attached hydrogen (secondary N) is 1. The second-order valence-electron chi connectivity index (χ2n) is 6.63. The van der Waals surface area contributed by atoms with Crippen LogP contribution in [0.15, 0.2) is 48.5 Å². The number of ether oxygens (including phenoxy) is 1. The Morgan fingerprint density at radius 2 is 1.85 bits per heavy atom. The molecule has 0 spiro atoms. The van der Waals surface area contributed by atoms with Crippen LogP contribution in [0.5, 0.6) is 5.75 Å². The van der Waals surface area contributed by atoms with E-state index in [2.05, 4.69) is 41.4 Å². The van der Waals surface area contributed by atoms with Crippen LogP contribution in [-0.2, 0) is 11.3 Å². The molecule has 1 N–H and O–H groups in total. The van der Waals surface area contributed by atoms with Gasteiger partial charge in [0.1, 0.15) is 5.75 Å². The fourth-order valence-corrected chi connectivity index (χ4v) is 3.34. The molecule has 0 aromatic heterocycles. The zero-order chi connectivity index (χ0) is 18.4. The van der Waals surface area contributed by atoms with Crippen LogP contribution < -0.4 is 15.0 Å². The monoisotopic (exact) mass is 353 g/mol. The van der Waals surface area contributed by atoms with Crippen molar-refractivity contribution in [1.82, 2.24) is 10.2 Å². The SMILES string of the molecule is COc1ccccc1N1CCN(C(=O)CNCc2cccc(C)c2)CC1. The van der Waals surface area contributed by atoms with Gasteiger partial charge in [-0.15, -0.1) is 0 Å². The highest BCUT2D eigenvalue weighted by Crippen LogP contribution is 2.28. The molecule has 1 heterocycles. The molecule has 1 fully saturated rings. The zero-order valence-electron chi connectivity index (χ0n) is 15.6. The van der Waals surface area contributed by atoms with Crippen molar-refractivity contribution in [3.05, 3.63) is 59.7 Å². The van der Waals surface area contributed by atoms with Crippen LogP contribution in [0.4, 0.5) is 5.69 Å². The molecule has 0 unspecified atom stereocenters. The van der Waals surface area contributed by atoms with Crippen LogP contribution >= 0.6 is 0 Å². The van der Waals surface area contributed by atoms with Crippen molar-refractivity contribution >= 4 is 11.6 Å². The van der Waals surface area contributed by atoms with Gasteiger partial charge in [0.15, 0.2) is 0 Å². The van der Waals surface area contributed by atoms with Crippen molar-refractivity contribution in [2.45, 2.75) is 13.5 Å². The lowest BCUT2D eigenvalue weighted by molar-refractivity contribution is -0.130. The van der Waals surface area contributed by atoms with Crippen molar-refractivity contribution in [2.24, 2.45) is 0 Å². The summed E-state index contributed by atoms with van der Waals surface area (Å²) in [5.74, 6) is 1.05. The molecule has 26 heavy (non-hydrogen) atoms. The minimum absolute atomic E-state index is 0.164. The van der Waals surface area contributed by atoms with E-state index >= 15 is 0 Å². The standard InChI is InChI=1S/C21H27N3O2/c1-17-6-5-7-18(14-17)15-22-16-21(25)24-12-10-23(11-13-24)19-8-3-4-9-20(19)26-2/h3-9,14,22H,10-13,15-16H2,1-2H3. The van der Waals surface area contributed by atoms with Crippen LogP contribution in [0.1, 0.15) is 11.1 Å². The molecule has 3 rings (SSSR count). The summed E-state index contributed by atoms with van der Waals surface area (Å²) in [4.78, 5) is 16.7. The third-order valence-electron chi connectivity index (χ3n) is 4.75. The van der Waals surface area contributed by atoms with E-state index in [-0.39, 0.29) is 5.91 Å². The summed E-state index contributed by atoms with van der Waals surface area (Å²) in [6.45, 7) is 6.30. The number of carbonyl (C=O) groups excluding carboxylic acids is 1. The van der Waals surface area contributed by atoms with Gasteiger partial charge in [-0.1, -0.05) is 42.0 Å². The minimum atomic E-state index is 0.164. The number of carbonyl (C=O) groups is 1. The van der Waals surface area contributed by atoms with Crippen LogP contribution in [0.25, 0.3) is 0 Å². The van der Waals surface area contributed by atoms with Crippen LogP contribution in [0.3, 0.4) is 0 Å². The molecule has 2 aromatic rings. The van der Waals surface area contributed by atoms with Gasteiger partial charge < -0.3 is 19.9 Å². The predicted octanol–water partition coefficient (Wildman–Crippen LogP) is 2.44. The number of nitrogens with zero attached hydrogens (tertiary/aromatic N) is 2. The van der Waals surface area contributed by atoms with Crippen molar-refractivity contribution in [3.8, 4) is 5.75 Å². The summed E-state index contributed by atoms with van der Waals surface area (Å²) in [6.07, 6.45) is 0. The molecular formula is C21H27N3O2. The van der Waals surface area contributed by atoms with Crippen molar-refractivity contribution < 1.29 is 9.53 Å². The molecular weight excluding hydrogens is 326 g/mol. The number of aryl methyl sites for hydroxylation is 1. The number of amides is 1. The third-order valence-corrected chi connectivity index (χ3v) is 4.75. The Balaban J connectivity index is 1.46. The molecule has 1 aliphatic rings. The second-order valence-corrected chi connectivity index (χ2v) is 6.63. The first-order valence-corrected chi connectivity index (χ1v) is 9.09. The molecule has 0 bridgehead atoms. The van der Waals surface area contributed by atoms with Crippen LogP contribution in [0, 0.1) is 6.92 Å². The molecule has 0 aliphatic carbocycles. The predicted molar refractivity (Wildman–Crippen MR) is 105 cm³/mol. The lowest BCUT2D eigenvalue weighted by atomic mass is 10.1. The lowest BCUT2D eigenvalue weighted by Gasteiger charge is -2.36. The summed E-state index contributed by atoms with van der Waals surface area (Å²) in [7, 11) is 1.69. The molecule has 0 saturated carbocycles. The number of rotatable bonds is 6. The maximum Gasteiger partial charge on any atom is 0.236 e. The Morgan fingerprint density at radius 1 is 1.08 bits per heavy atom. The van der Waals surface area contributed by atoms with E-state index < -0.39 is 0 Å². The minimum Gasteiger partial charge on any atom is -0.495 e. The average Bonchev–Trinajstić information content (AvgIpc) is 2.68. The quantitative estimate of drug-likeness (QED) is 0.866. The van der Waals surface area contributed by atoms with Gasteiger partial charge in [-0.25, -0.2) is 0 Å². The second kappa shape index (κ2) is 8.72. The lowest BCUT2D eigenvalue weighted by Crippen LogP contribution is -2.50. The topological polar surface area (TPSA) is 44.8 Å². The summed E-state index contributed by atoms with van der Waals surface area (Å²) >= 11 is 0. The van der Waals surface area contributed by atoms with Crippen molar-refractivity contribution in [2.75, 3.05) is 44.7 Å². The summed E-state index contributed by atoms with van der Waals surface area (Å²) < 4.78 is 5.44. The normalized spacial score (nSPS) is 14.4. The molecule has 5 heteroatoms. The summed E-state index contributed by atoms with van der Waals surface area (Å²) in [6, 6.07) is 16.4. The molecule has 0 radical (unpaired) electrons. The Labute approximate surface area is 155 Å². The van der Waals surface area contributed by atoms with E-state index in [0.717, 1.165) is 37.6 Å². The molecule has 5 nitrogen and oxygen atoms in total. The Kier molecular flexibility index (Phi) is 6.12. The molecule has 138 valence electrons. The van der Waals surface area contributed by atoms with Gasteiger partial charge in [0.05, 0.1) is 19.3 Å². The van der Waals surface area contributed by atoms with E-state index in [9.17, 15) is 4.79 Å². The van der Waals surface area contributed by atoms with E-state index in [1.54, 1.807) is 7.11 Å². The molecule has 2 aromatic carbocycles. The highest BCUT2D eigenvalue weighted by Gasteiger charge is 2.22. The van der Waals surface area contributed by atoms with E-state index in [0.29, 0.717) is 13.1 Å². The number of hydrogen-bond acceptors (Lipinski definition) is 4. The van der Waals surface area contributed by atoms with Crippen molar-refractivity contribution in [1.29, 1.82) is 0 Å². The number of hydrogen-bond donors (Lipinski definition) is 1. The van der Waals surface area contributed by atoms with Crippen LogP contribution in [0.2, 0.25) is 0 Å². The molecule has 0 atom stereocenters. The van der Waals surface area contributed by atoms with Gasteiger partial charge >= 0.3 is 0 Å². The van der Waals surface area contributed by atoms with E-state index in [1.165, 1.54) is 11.1 Å². The van der Waals surface area contributed by atoms with Gasteiger partial charge in [0.2, 0.25) is 5.91 Å². The number of piperazine rings is 1. The van der Waals surface area contributed by atoms with Gasteiger partial charge in [-0.3, -0.25) is 4.79 Å². The zero-order valence-corrected chi connectivity index (χ0v) is 15.6. The smallest absolute Gasteiger partial charge is 0.236 e. The maximum absolute atomic E-state index is 12.4. The highest BCUT2D eigenvalue weighted by molar-refractivity contribution is 5.78. The van der Waals surface area contributed by atoms with E-state index in [1.807, 2.05) is 29.2 Å². The van der Waals surface area contributed by atoms with Gasteiger partial charge in [-0.05, 0) is 24.6 Å². The summed E-state index contributed by atoms with van der Waals surface area (Å²) in [5, 5.41) is 3.26. The van der Waals surface area contributed by atoms with E-state index in [4.69, 9.17) is 4.74 Å². The fourth-order valence-electron chi connectivity index (χ4n) is 3.34. The maximum atomic E-state index is 12.4. The highest BCUT2D eigenvalue weighted by atomic mass is 16.5. The average molecular weight is 353 g/mol. The van der Waals surface area contributed by atoms with Gasteiger partial charge in [-0.2, -0.15) is 0 Å². The number of anilines is 1. The fraction of sp³-hybridized carbons (Fsp3) is 0.381. The summed E-state index contributed by atoms with van der Waals surface area (Å²) in [5.41, 5.74) is 3.54. The number of para-hydroxylation sites is 2. The Bertz CT molecular complexity index is 740. The number of methoxy groups -OCH3 is 1. The molecule has 1 saturated heterocycles. The van der Waals surface area contributed by atoms with Crippen LogP contribution in [-0.4, -0.2) is 50.6 Å². The molecule has 1 aliphatic heterocycles. The Morgan fingerprint density at radius 3 is 2.58 bits per heavy atom. The first-order chi connectivity index (χ1) is 12.7.